The van der Waals surface area contributed by atoms with E-state index in [-0.39, 0.29) is 6.10 Å². The Balaban J connectivity index is 2.00. The molecule has 0 bridgehead atoms. The normalized spacial score (nSPS) is 17.1. The van der Waals surface area contributed by atoms with Gasteiger partial charge >= 0.3 is 6.09 Å². The van der Waals surface area contributed by atoms with Gasteiger partial charge in [0.15, 0.2) is 0 Å². The molecular formula is C19H28N2O4S. The summed E-state index contributed by atoms with van der Waals surface area (Å²) in [7, 11) is 0. The van der Waals surface area contributed by atoms with Crippen molar-refractivity contribution in [1.82, 2.24) is 5.48 Å². The van der Waals surface area contributed by atoms with Crippen molar-refractivity contribution in [3.8, 4) is 5.75 Å². The maximum absolute atomic E-state index is 11.8. The molecule has 1 amide bonds. The highest BCUT2D eigenvalue weighted by Gasteiger charge is 2.37. The van der Waals surface area contributed by atoms with Crippen molar-refractivity contribution in [3.63, 3.8) is 0 Å². The van der Waals surface area contributed by atoms with Gasteiger partial charge in [0.05, 0.1) is 5.04 Å². The Labute approximate surface area is 159 Å². The molecular weight excluding hydrogens is 352 g/mol. The Bertz CT molecular complexity index is 683. The van der Waals surface area contributed by atoms with Crippen molar-refractivity contribution in [1.29, 1.82) is 5.41 Å². The molecule has 0 aliphatic carbocycles. The Morgan fingerprint density at radius 2 is 2.00 bits per heavy atom. The van der Waals surface area contributed by atoms with Gasteiger partial charge in [-0.3, -0.25) is 10.2 Å². The van der Waals surface area contributed by atoms with Crippen LogP contribution in [0, 0.1) is 5.41 Å². The lowest BCUT2D eigenvalue weighted by Crippen LogP contribution is -2.49. The van der Waals surface area contributed by atoms with Crippen LogP contribution in [0.5, 0.6) is 5.75 Å². The summed E-state index contributed by atoms with van der Waals surface area (Å²) in [5.41, 5.74) is 3.05. The minimum Gasteiger partial charge on any atom is -0.487 e. The van der Waals surface area contributed by atoms with Crippen LogP contribution in [0.25, 0.3) is 0 Å². The average molecular weight is 381 g/mol. The molecule has 2 rings (SSSR count). The topological polar surface area (TPSA) is 80.6 Å². The van der Waals surface area contributed by atoms with Gasteiger partial charge in [-0.25, -0.2) is 4.79 Å². The summed E-state index contributed by atoms with van der Waals surface area (Å²) in [6.45, 7) is 9.13. The lowest BCUT2D eigenvalue weighted by Gasteiger charge is -2.37. The molecule has 0 spiro atoms. The molecule has 1 aliphatic rings. The first-order chi connectivity index (χ1) is 12.0. The number of nitrogens with one attached hydrogen (secondary N) is 2. The van der Waals surface area contributed by atoms with Gasteiger partial charge in [-0.05, 0) is 77.5 Å². The second kappa shape index (κ2) is 7.88. The highest BCUT2D eigenvalue weighted by Crippen LogP contribution is 2.34. The van der Waals surface area contributed by atoms with E-state index in [1.54, 1.807) is 20.8 Å². The van der Waals surface area contributed by atoms with Crippen molar-refractivity contribution >= 4 is 22.9 Å². The van der Waals surface area contributed by atoms with E-state index in [1.807, 2.05) is 38.3 Å². The van der Waals surface area contributed by atoms with E-state index in [0.29, 0.717) is 5.04 Å². The summed E-state index contributed by atoms with van der Waals surface area (Å²) < 4.78 is 11.3. The van der Waals surface area contributed by atoms with Gasteiger partial charge in [-0.2, -0.15) is 5.48 Å². The standard InChI is InChI=1S/C19H28N2O4S/c1-18(2,3)24-17(22)21-25-19(4,5)15-10-8-12-11-13(16(20)26-6)7-9-14(12)23-15/h7,9,11,15,20H,8,10H2,1-6H3,(H,21,22)/t15-/m1/s1. The zero-order valence-electron chi connectivity index (χ0n) is 16.3. The molecule has 1 aliphatic heterocycles. The highest BCUT2D eigenvalue weighted by molar-refractivity contribution is 8.13. The number of rotatable bonds is 4. The summed E-state index contributed by atoms with van der Waals surface area (Å²) in [5.74, 6) is 0.799. The van der Waals surface area contributed by atoms with E-state index in [2.05, 4.69) is 5.48 Å². The first-order valence-electron chi connectivity index (χ1n) is 8.61. The third kappa shape index (κ3) is 5.38. The van der Waals surface area contributed by atoms with Gasteiger partial charge in [0, 0.05) is 5.56 Å². The van der Waals surface area contributed by atoms with Crippen LogP contribution < -0.4 is 10.2 Å². The summed E-state index contributed by atoms with van der Waals surface area (Å²) in [4.78, 5) is 17.4. The molecule has 0 unspecified atom stereocenters. The molecule has 0 saturated carbocycles. The van der Waals surface area contributed by atoms with Crippen LogP contribution in [0.3, 0.4) is 0 Å². The Morgan fingerprint density at radius 3 is 2.62 bits per heavy atom. The van der Waals surface area contributed by atoms with Crippen LogP contribution in [-0.2, 0) is 16.0 Å². The van der Waals surface area contributed by atoms with Crippen LogP contribution in [0.2, 0.25) is 0 Å². The Morgan fingerprint density at radius 1 is 1.31 bits per heavy atom. The number of benzene rings is 1. The first-order valence-corrected chi connectivity index (χ1v) is 9.84. The van der Waals surface area contributed by atoms with Crippen LogP contribution in [0.1, 0.15) is 52.2 Å². The van der Waals surface area contributed by atoms with Gasteiger partial charge < -0.3 is 9.47 Å². The second-order valence-electron chi connectivity index (χ2n) is 7.81. The average Bonchev–Trinajstić information content (AvgIpc) is 2.57. The molecule has 7 heteroatoms. The number of amides is 1. The molecule has 1 aromatic rings. The van der Waals surface area contributed by atoms with Crippen molar-refractivity contribution in [2.45, 2.75) is 64.8 Å². The monoisotopic (exact) mass is 380 g/mol. The predicted molar refractivity (Wildman–Crippen MR) is 104 cm³/mol. The first kappa shape index (κ1) is 20.6. The molecule has 0 aromatic heterocycles. The minimum absolute atomic E-state index is 0.212. The Kier molecular flexibility index (Phi) is 6.24. The minimum atomic E-state index is -0.723. The third-order valence-corrected chi connectivity index (χ3v) is 4.69. The summed E-state index contributed by atoms with van der Waals surface area (Å²) in [6.07, 6.45) is 2.64. The molecule has 0 saturated heterocycles. The molecule has 6 nitrogen and oxygen atoms in total. The maximum Gasteiger partial charge on any atom is 0.431 e. The Hall–Kier alpha value is -1.73. The van der Waals surface area contributed by atoms with Crippen LogP contribution in [0.15, 0.2) is 18.2 Å². The van der Waals surface area contributed by atoms with E-state index in [9.17, 15) is 4.79 Å². The number of thioether (sulfide) groups is 1. The van der Waals surface area contributed by atoms with Crippen molar-refractivity contribution < 1.29 is 19.1 Å². The van der Waals surface area contributed by atoms with E-state index in [1.165, 1.54) is 11.8 Å². The smallest absolute Gasteiger partial charge is 0.431 e. The van der Waals surface area contributed by atoms with Crippen LogP contribution in [0.4, 0.5) is 4.79 Å². The van der Waals surface area contributed by atoms with Crippen LogP contribution >= 0.6 is 11.8 Å². The van der Waals surface area contributed by atoms with Crippen molar-refractivity contribution in [2.75, 3.05) is 6.26 Å². The number of aryl methyl sites for hydroxylation is 1. The second-order valence-corrected chi connectivity index (χ2v) is 8.63. The summed E-state index contributed by atoms with van der Waals surface area (Å²) in [6, 6.07) is 5.81. The molecule has 144 valence electrons. The van der Waals surface area contributed by atoms with Gasteiger partial charge in [-0.15, -0.1) is 11.8 Å². The summed E-state index contributed by atoms with van der Waals surface area (Å²) in [5, 5.41) is 8.48. The third-order valence-electron chi connectivity index (χ3n) is 4.04. The fraction of sp³-hybridized carbons (Fsp3) is 0.579. The molecule has 0 fully saturated rings. The number of ether oxygens (including phenoxy) is 2. The van der Waals surface area contributed by atoms with E-state index >= 15 is 0 Å². The van der Waals surface area contributed by atoms with E-state index in [4.69, 9.17) is 19.7 Å². The van der Waals surface area contributed by atoms with Gasteiger partial charge in [-0.1, -0.05) is 0 Å². The van der Waals surface area contributed by atoms with Gasteiger partial charge in [0.1, 0.15) is 23.1 Å². The van der Waals surface area contributed by atoms with Gasteiger partial charge in [0.25, 0.3) is 0 Å². The molecule has 1 atom stereocenters. The molecule has 1 heterocycles. The number of carbonyl (C=O) groups is 1. The molecule has 26 heavy (non-hydrogen) atoms. The molecule has 1 aromatic carbocycles. The number of hydrogen-bond acceptors (Lipinski definition) is 6. The lowest BCUT2D eigenvalue weighted by molar-refractivity contribution is -0.138. The maximum atomic E-state index is 11.8. The molecule has 0 radical (unpaired) electrons. The summed E-state index contributed by atoms with van der Waals surface area (Å²) >= 11 is 1.42. The highest BCUT2D eigenvalue weighted by atomic mass is 32.2. The zero-order valence-corrected chi connectivity index (χ0v) is 17.1. The largest absolute Gasteiger partial charge is 0.487 e. The predicted octanol–water partition coefficient (Wildman–Crippen LogP) is 4.30. The fourth-order valence-electron chi connectivity index (χ4n) is 2.68. The number of hydrogen-bond donors (Lipinski definition) is 2. The number of fused-ring (bicyclic) bond motifs is 1. The van der Waals surface area contributed by atoms with E-state index < -0.39 is 17.3 Å². The fourth-order valence-corrected chi connectivity index (χ4v) is 3.04. The zero-order chi connectivity index (χ0) is 19.5. The number of carbonyl (C=O) groups excluding carboxylic acids is 1. The molecule has 2 N–H and O–H groups in total. The van der Waals surface area contributed by atoms with Crippen LogP contribution in [-0.4, -0.2) is 34.7 Å². The van der Waals surface area contributed by atoms with E-state index in [0.717, 1.165) is 29.7 Å². The SMILES string of the molecule is CSC(=N)c1ccc2c(c1)CC[C@H](C(C)(C)ONC(=O)OC(C)(C)C)O2. The van der Waals surface area contributed by atoms with Crippen molar-refractivity contribution in [2.24, 2.45) is 0 Å². The van der Waals surface area contributed by atoms with Crippen molar-refractivity contribution in [3.05, 3.63) is 29.3 Å². The van der Waals surface area contributed by atoms with Gasteiger partial charge in [0.2, 0.25) is 0 Å². The lowest BCUT2D eigenvalue weighted by atomic mass is 9.91. The number of hydroxylamine groups is 1. The quantitative estimate of drug-likeness (QED) is 0.462.